The zero-order valence-corrected chi connectivity index (χ0v) is 13.3. The largest absolute Gasteiger partial charge is 0.390 e. The van der Waals surface area contributed by atoms with Crippen molar-refractivity contribution in [3.63, 3.8) is 0 Å². The lowest BCUT2D eigenvalue weighted by Gasteiger charge is -2.69. The first-order valence-corrected chi connectivity index (χ1v) is 8.44. The minimum atomic E-state index is -0.592. The molecular formula is C17H28N2O2. The van der Waals surface area contributed by atoms with Crippen molar-refractivity contribution in [2.45, 2.75) is 70.4 Å². The van der Waals surface area contributed by atoms with Crippen LogP contribution in [0.15, 0.2) is 0 Å². The molecule has 0 aromatic heterocycles. The zero-order chi connectivity index (χ0) is 15.1. The maximum Gasteiger partial charge on any atom is 0.240 e. The minimum Gasteiger partial charge on any atom is -0.390 e. The molecule has 5 fully saturated rings. The fourth-order valence-electron chi connectivity index (χ4n) is 7.05. The van der Waals surface area contributed by atoms with Crippen LogP contribution in [0.4, 0.5) is 0 Å². The average molecular weight is 292 g/mol. The maximum atomic E-state index is 12.7. The molecule has 3 unspecified atom stereocenters. The van der Waals surface area contributed by atoms with E-state index < -0.39 is 11.6 Å². The van der Waals surface area contributed by atoms with Crippen LogP contribution in [-0.4, -0.2) is 40.6 Å². The molecule has 118 valence electrons. The smallest absolute Gasteiger partial charge is 0.240 e. The molecule has 3 atom stereocenters. The molecule has 21 heavy (non-hydrogen) atoms. The summed E-state index contributed by atoms with van der Waals surface area (Å²) >= 11 is 0. The van der Waals surface area contributed by atoms with E-state index in [1.54, 1.807) is 0 Å². The summed E-state index contributed by atoms with van der Waals surface area (Å²) in [5, 5.41) is 11.1. The second kappa shape index (κ2) is 3.83. The SMILES string of the molecule is CC12CC3(C)CC(O)(C1)CC(C(N)C(=O)N1CCC1)(C2)C3. The first-order chi connectivity index (χ1) is 9.67. The number of hydrogen-bond donors (Lipinski definition) is 2. The van der Waals surface area contributed by atoms with E-state index >= 15 is 0 Å². The molecule has 4 aliphatic carbocycles. The highest BCUT2D eigenvalue weighted by molar-refractivity contribution is 5.83. The highest BCUT2D eigenvalue weighted by Gasteiger charge is 2.67. The highest BCUT2D eigenvalue weighted by Crippen LogP contribution is 2.71. The third-order valence-electron chi connectivity index (χ3n) is 6.70. The summed E-state index contributed by atoms with van der Waals surface area (Å²) in [6.45, 7) is 6.31. The van der Waals surface area contributed by atoms with Crippen molar-refractivity contribution in [1.29, 1.82) is 0 Å². The van der Waals surface area contributed by atoms with Gasteiger partial charge in [0.15, 0.2) is 0 Å². The number of amides is 1. The number of aliphatic hydroxyl groups is 1. The van der Waals surface area contributed by atoms with E-state index in [9.17, 15) is 9.90 Å². The van der Waals surface area contributed by atoms with E-state index in [1.165, 1.54) is 6.42 Å². The Labute approximate surface area is 127 Å². The minimum absolute atomic E-state index is 0.124. The molecule has 1 amide bonds. The Morgan fingerprint density at radius 1 is 1.05 bits per heavy atom. The van der Waals surface area contributed by atoms with Crippen LogP contribution >= 0.6 is 0 Å². The summed E-state index contributed by atoms with van der Waals surface area (Å²) in [5.74, 6) is 0.124. The van der Waals surface area contributed by atoms with Crippen molar-refractivity contribution < 1.29 is 9.90 Å². The predicted octanol–water partition coefficient (Wildman–Crippen LogP) is 1.66. The summed E-state index contributed by atoms with van der Waals surface area (Å²) in [7, 11) is 0. The van der Waals surface area contributed by atoms with E-state index in [1.807, 2.05) is 4.90 Å². The fraction of sp³-hybridized carbons (Fsp3) is 0.941. The number of carbonyl (C=O) groups is 1. The van der Waals surface area contributed by atoms with Crippen molar-refractivity contribution >= 4 is 5.91 Å². The molecule has 3 N–H and O–H groups in total. The summed E-state index contributed by atoms with van der Waals surface area (Å²) in [5.41, 5.74) is 6.04. The Bertz CT molecular complexity index is 445. The predicted molar refractivity (Wildman–Crippen MR) is 80.5 cm³/mol. The second-order valence-electron chi connectivity index (χ2n) is 9.43. The van der Waals surface area contributed by atoms with Crippen LogP contribution in [0.5, 0.6) is 0 Å². The molecule has 1 saturated heterocycles. The number of rotatable bonds is 2. The van der Waals surface area contributed by atoms with Crippen LogP contribution in [0.3, 0.4) is 0 Å². The molecule has 0 aromatic rings. The van der Waals surface area contributed by atoms with Gasteiger partial charge >= 0.3 is 0 Å². The van der Waals surface area contributed by atoms with Gasteiger partial charge < -0.3 is 15.7 Å². The lowest BCUT2D eigenvalue weighted by atomic mass is 9.38. The second-order valence-corrected chi connectivity index (χ2v) is 9.43. The van der Waals surface area contributed by atoms with Gasteiger partial charge in [0.05, 0.1) is 11.6 Å². The lowest BCUT2D eigenvalue weighted by Crippen LogP contribution is -2.69. The number of carbonyl (C=O) groups excluding carboxylic acids is 1. The van der Waals surface area contributed by atoms with E-state index in [-0.39, 0.29) is 22.2 Å². The summed E-state index contributed by atoms with van der Waals surface area (Å²) in [6.07, 6.45) is 6.81. The number of nitrogens with two attached hydrogens (primary N) is 1. The van der Waals surface area contributed by atoms with Gasteiger partial charge in [-0.25, -0.2) is 0 Å². The third kappa shape index (κ3) is 1.91. The number of nitrogens with zero attached hydrogens (tertiary/aromatic N) is 1. The van der Waals surface area contributed by atoms with Crippen molar-refractivity contribution in [3.8, 4) is 0 Å². The van der Waals surface area contributed by atoms with Gasteiger partial charge in [-0.2, -0.15) is 0 Å². The molecule has 1 aliphatic heterocycles. The summed E-state index contributed by atoms with van der Waals surface area (Å²) < 4.78 is 0. The van der Waals surface area contributed by atoms with Gasteiger partial charge in [0.2, 0.25) is 5.91 Å². The van der Waals surface area contributed by atoms with Gasteiger partial charge in [-0.05, 0) is 61.2 Å². The molecule has 0 radical (unpaired) electrons. The normalized spacial score (nSPS) is 52.7. The molecule has 0 aromatic carbocycles. The van der Waals surface area contributed by atoms with Gasteiger partial charge in [0, 0.05) is 13.1 Å². The first-order valence-electron chi connectivity index (χ1n) is 8.44. The monoisotopic (exact) mass is 292 g/mol. The van der Waals surface area contributed by atoms with E-state index in [4.69, 9.17) is 5.73 Å². The lowest BCUT2D eigenvalue weighted by molar-refractivity contribution is -0.230. The molecular weight excluding hydrogens is 264 g/mol. The number of likely N-dealkylation sites (tertiary alicyclic amines) is 1. The molecule has 0 spiro atoms. The molecule has 5 aliphatic rings. The van der Waals surface area contributed by atoms with Crippen molar-refractivity contribution in [1.82, 2.24) is 4.90 Å². The van der Waals surface area contributed by atoms with E-state index in [2.05, 4.69) is 13.8 Å². The van der Waals surface area contributed by atoms with Crippen molar-refractivity contribution in [2.24, 2.45) is 22.0 Å². The molecule has 4 heteroatoms. The third-order valence-corrected chi connectivity index (χ3v) is 6.70. The standard InChI is InChI=1S/C17H28N2O2/c1-14-6-15(2)8-16(7-14,11-17(21,9-14)10-15)12(18)13(20)19-4-3-5-19/h12,21H,3-11,18H2,1-2H3. The zero-order valence-electron chi connectivity index (χ0n) is 13.3. The van der Waals surface area contributed by atoms with Gasteiger partial charge in [-0.15, -0.1) is 0 Å². The van der Waals surface area contributed by atoms with E-state index in [0.29, 0.717) is 0 Å². The average Bonchev–Trinajstić information content (AvgIpc) is 2.18. The summed E-state index contributed by atoms with van der Waals surface area (Å²) in [4.78, 5) is 14.6. The molecule has 4 saturated carbocycles. The molecule has 5 rings (SSSR count). The maximum absolute atomic E-state index is 12.7. The van der Waals surface area contributed by atoms with Crippen LogP contribution < -0.4 is 5.73 Å². The Balaban J connectivity index is 1.68. The van der Waals surface area contributed by atoms with Gasteiger partial charge in [-0.1, -0.05) is 13.8 Å². The molecule has 4 nitrogen and oxygen atoms in total. The van der Waals surface area contributed by atoms with Crippen LogP contribution in [0.25, 0.3) is 0 Å². The van der Waals surface area contributed by atoms with Gasteiger partial charge in [0.1, 0.15) is 0 Å². The Hall–Kier alpha value is -0.610. The van der Waals surface area contributed by atoms with Crippen LogP contribution in [0, 0.1) is 16.2 Å². The van der Waals surface area contributed by atoms with Crippen molar-refractivity contribution in [2.75, 3.05) is 13.1 Å². The fourth-order valence-corrected chi connectivity index (χ4v) is 7.05. The highest BCUT2D eigenvalue weighted by atomic mass is 16.3. The van der Waals surface area contributed by atoms with Crippen molar-refractivity contribution in [3.05, 3.63) is 0 Å². The van der Waals surface area contributed by atoms with Crippen LogP contribution in [-0.2, 0) is 4.79 Å². The quantitative estimate of drug-likeness (QED) is 0.813. The Kier molecular flexibility index (Phi) is 2.55. The topological polar surface area (TPSA) is 66.6 Å². The van der Waals surface area contributed by atoms with Crippen LogP contribution in [0.1, 0.15) is 58.8 Å². The van der Waals surface area contributed by atoms with Crippen LogP contribution in [0.2, 0.25) is 0 Å². The summed E-state index contributed by atoms with van der Waals surface area (Å²) in [6, 6.07) is -0.427. The first kappa shape index (κ1) is 14.0. The Morgan fingerprint density at radius 3 is 2.05 bits per heavy atom. The van der Waals surface area contributed by atoms with Gasteiger partial charge in [-0.3, -0.25) is 4.79 Å². The van der Waals surface area contributed by atoms with E-state index in [0.717, 1.165) is 51.6 Å². The molecule has 1 heterocycles. The Morgan fingerprint density at radius 2 is 1.62 bits per heavy atom. The van der Waals surface area contributed by atoms with Gasteiger partial charge in [0.25, 0.3) is 0 Å². The molecule has 4 bridgehead atoms. The number of hydrogen-bond acceptors (Lipinski definition) is 3.